The number of benzene rings is 1. The van der Waals surface area contributed by atoms with E-state index in [-0.39, 0.29) is 16.6 Å². The van der Waals surface area contributed by atoms with Crippen molar-refractivity contribution in [1.82, 2.24) is 5.32 Å². The molecular formula is C13H17BrFNO2. The molecular weight excluding hydrogens is 301 g/mol. The SMILES string of the molecule is CCC(O)(CC)CNC(=O)c1cccc(F)c1Br. The van der Waals surface area contributed by atoms with Crippen molar-refractivity contribution in [3.63, 3.8) is 0 Å². The molecule has 1 rings (SSSR count). The van der Waals surface area contributed by atoms with Crippen molar-refractivity contribution >= 4 is 21.8 Å². The second-order valence-corrected chi connectivity index (χ2v) is 5.01. The maximum absolute atomic E-state index is 13.3. The van der Waals surface area contributed by atoms with Crippen LogP contribution in [0.5, 0.6) is 0 Å². The van der Waals surface area contributed by atoms with E-state index in [1.807, 2.05) is 13.8 Å². The molecule has 1 aromatic rings. The first kappa shape index (κ1) is 15.1. The van der Waals surface area contributed by atoms with Crippen molar-refractivity contribution in [3.8, 4) is 0 Å². The van der Waals surface area contributed by atoms with Crippen LogP contribution in [0.1, 0.15) is 37.0 Å². The second-order valence-electron chi connectivity index (χ2n) is 4.22. The van der Waals surface area contributed by atoms with Gasteiger partial charge >= 0.3 is 0 Å². The molecule has 0 heterocycles. The number of halogens is 2. The van der Waals surface area contributed by atoms with E-state index in [9.17, 15) is 14.3 Å². The van der Waals surface area contributed by atoms with Crippen LogP contribution in [-0.2, 0) is 0 Å². The first-order valence-corrected chi connectivity index (χ1v) is 6.67. The molecule has 3 nitrogen and oxygen atoms in total. The zero-order valence-electron chi connectivity index (χ0n) is 10.5. The van der Waals surface area contributed by atoms with Gasteiger partial charge < -0.3 is 10.4 Å². The predicted octanol–water partition coefficient (Wildman–Crippen LogP) is 2.87. The topological polar surface area (TPSA) is 49.3 Å². The monoisotopic (exact) mass is 317 g/mol. The van der Waals surface area contributed by atoms with Gasteiger partial charge in [-0.2, -0.15) is 0 Å². The molecule has 0 bridgehead atoms. The molecule has 0 unspecified atom stereocenters. The summed E-state index contributed by atoms with van der Waals surface area (Å²) < 4.78 is 13.4. The maximum atomic E-state index is 13.3. The van der Waals surface area contributed by atoms with Crippen molar-refractivity contribution in [2.75, 3.05) is 6.54 Å². The van der Waals surface area contributed by atoms with Gasteiger partial charge in [0.1, 0.15) is 5.82 Å². The molecule has 0 saturated heterocycles. The van der Waals surface area contributed by atoms with Gasteiger partial charge in [0.2, 0.25) is 0 Å². The third kappa shape index (κ3) is 3.53. The van der Waals surface area contributed by atoms with Crippen molar-refractivity contribution in [1.29, 1.82) is 0 Å². The first-order valence-electron chi connectivity index (χ1n) is 5.88. The van der Waals surface area contributed by atoms with Gasteiger partial charge in [-0.1, -0.05) is 19.9 Å². The minimum absolute atomic E-state index is 0.138. The van der Waals surface area contributed by atoms with Gasteiger partial charge in [0.05, 0.1) is 15.6 Å². The molecule has 18 heavy (non-hydrogen) atoms. The number of amides is 1. The fourth-order valence-electron chi connectivity index (χ4n) is 1.52. The average Bonchev–Trinajstić information content (AvgIpc) is 2.39. The predicted molar refractivity (Wildman–Crippen MR) is 72.0 cm³/mol. The van der Waals surface area contributed by atoms with Crippen LogP contribution in [0, 0.1) is 5.82 Å². The van der Waals surface area contributed by atoms with E-state index in [1.54, 1.807) is 0 Å². The van der Waals surface area contributed by atoms with E-state index in [0.29, 0.717) is 12.8 Å². The molecule has 100 valence electrons. The summed E-state index contributed by atoms with van der Waals surface area (Å²) in [6.07, 6.45) is 1.10. The van der Waals surface area contributed by atoms with Crippen LogP contribution in [0.3, 0.4) is 0 Å². The lowest BCUT2D eigenvalue weighted by Gasteiger charge is -2.25. The highest BCUT2D eigenvalue weighted by Gasteiger charge is 2.23. The van der Waals surface area contributed by atoms with E-state index < -0.39 is 17.3 Å². The van der Waals surface area contributed by atoms with Crippen molar-refractivity contribution in [2.45, 2.75) is 32.3 Å². The van der Waals surface area contributed by atoms with Crippen molar-refractivity contribution in [2.24, 2.45) is 0 Å². The summed E-state index contributed by atoms with van der Waals surface area (Å²) in [5.41, 5.74) is -0.681. The molecule has 0 fully saturated rings. The van der Waals surface area contributed by atoms with E-state index >= 15 is 0 Å². The van der Waals surface area contributed by atoms with Gasteiger partial charge in [0, 0.05) is 6.54 Å². The number of hydrogen-bond acceptors (Lipinski definition) is 2. The van der Waals surface area contributed by atoms with Gasteiger partial charge in [-0.3, -0.25) is 4.79 Å². The highest BCUT2D eigenvalue weighted by molar-refractivity contribution is 9.10. The largest absolute Gasteiger partial charge is 0.388 e. The number of aliphatic hydroxyl groups is 1. The molecule has 0 aromatic heterocycles. The minimum Gasteiger partial charge on any atom is -0.388 e. The zero-order chi connectivity index (χ0) is 13.8. The second kappa shape index (κ2) is 6.29. The standard InChI is InChI=1S/C13H17BrFNO2/c1-3-13(18,4-2)8-16-12(17)9-6-5-7-10(15)11(9)14/h5-7,18H,3-4,8H2,1-2H3,(H,16,17). The van der Waals surface area contributed by atoms with Crippen LogP contribution in [-0.4, -0.2) is 23.2 Å². The Balaban J connectivity index is 2.75. The molecule has 0 aliphatic heterocycles. The number of nitrogens with one attached hydrogen (secondary N) is 1. The van der Waals surface area contributed by atoms with Crippen LogP contribution in [0.25, 0.3) is 0 Å². The molecule has 0 aliphatic rings. The molecule has 1 amide bonds. The Kier molecular flexibility index (Phi) is 5.28. The summed E-state index contributed by atoms with van der Waals surface area (Å²) >= 11 is 3.04. The summed E-state index contributed by atoms with van der Waals surface area (Å²) in [7, 11) is 0. The Morgan fingerprint density at radius 3 is 2.61 bits per heavy atom. The van der Waals surface area contributed by atoms with Gasteiger partial charge in [-0.15, -0.1) is 0 Å². The molecule has 0 atom stereocenters. The van der Waals surface area contributed by atoms with Gasteiger partial charge in [-0.25, -0.2) is 4.39 Å². The minimum atomic E-state index is -0.907. The van der Waals surface area contributed by atoms with Gasteiger partial charge in [0.25, 0.3) is 5.91 Å². The van der Waals surface area contributed by atoms with Crippen molar-refractivity contribution < 1.29 is 14.3 Å². The van der Waals surface area contributed by atoms with E-state index in [1.165, 1.54) is 18.2 Å². The molecule has 5 heteroatoms. The number of rotatable bonds is 5. The van der Waals surface area contributed by atoms with Gasteiger partial charge in [0.15, 0.2) is 0 Å². The summed E-state index contributed by atoms with van der Waals surface area (Å²) in [5.74, 6) is -0.884. The lowest BCUT2D eigenvalue weighted by molar-refractivity contribution is 0.0314. The smallest absolute Gasteiger partial charge is 0.252 e. The van der Waals surface area contributed by atoms with Crippen LogP contribution < -0.4 is 5.32 Å². The lowest BCUT2D eigenvalue weighted by Crippen LogP contribution is -2.42. The Labute approximate surface area is 115 Å². The average molecular weight is 318 g/mol. The van der Waals surface area contributed by atoms with Crippen LogP contribution >= 0.6 is 15.9 Å². The van der Waals surface area contributed by atoms with Crippen LogP contribution in [0.2, 0.25) is 0 Å². The Morgan fingerprint density at radius 2 is 2.06 bits per heavy atom. The fourth-order valence-corrected chi connectivity index (χ4v) is 1.96. The lowest BCUT2D eigenvalue weighted by atomic mass is 9.97. The van der Waals surface area contributed by atoms with Crippen LogP contribution in [0.15, 0.2) is 22.7 Å². The van der Waals surface area contributed by atoms with Crippen LogP contribution in [0.4, 0.5) is 4.39 Å². The Morgan fingerprint density at radius 1 is 1.44 bits per heavy atom. The molecule has 0 radical (unpaired) electrons. The normalized spacial score (nSPS) is 11.4. The number of carbonyl (C=O) groups excluding carboxylic acids is 1. The third-order valence-electron chi connectivity index (χ3n) is 3.09. The Bertz CT molecular complexity index is 433. The molecule has 1 aromatic carbocycles. The quantitative estimate of drug-likeness (QED) is 0.877. The van der Waals surface area contributed by atoms with E-state index in [2.05, 4.69) is 21.2 Å². The first-order chi connectivity index (χ1) is 8.43. The summed E-state index contributed by atoms with van der Waals surface area (Å²) in [5, 5.41) is 12.7. The highest BCUT2D eigenvalue weighted by atomic mass is 79.9. The van der Waals surface area contributed by atoms with Crippen molar-refractivity contribution in [3.05, 3.63) is 34.1 Å². The zero-order valence-corrected chi connectivity index (χ0v) is 12.1. The molecule has 0 aliphatic carbocycles. The third-order valence-corrected chi connectivity index (χ3v) is 3.90. The Hall–Kier alpha value is -0.940. The van der Waals surface area contributed by atoms with E-state index in [0.717, 1.165) is 0 Å². The fraction of sp³-hybridized carbons (Fsp3) is 0.462. The summed E-state index contributed by atoms with van der Waals surface area (Å²) in [4.78, 5) is 11.9. The highest BCUT2D eigenvalue weighted by Crippen LogP contribution is 2.20. The van der Waals surface area contributed by atoms with Gasteiger partial charge in [-0.05, 0) is 40.9 Å². The number of carbonyl (C=O) groups is 1. The molecule has 0 spiro atoms. The summed E-state index contributed by atoms with van der Waals surface area (Å²) in [6, 6.07) is 4.27. The molecule has 0 saturated carbocycles. The number of hydrogen-bond donors (Lipinski definition) is 2. The molecule has 2 N–H and O–H groups in total. The van der Waals surface area contributed by atoms with E-state index in [4.69, 9.17) is 0 Å². The summed E-state index contributed by atoms with van der Waals surface area (Å²) in [6.45, 7) is 3.86. The maximum Gasteiger partial charge on any atom is 0.252 e.